The summed E-state index contributed by atoms with van der Waals surface area (Å²) in [6.07, 6.45) is 0. The Labute approximate surface area is 144 Å². The van der Waals surface area contributed by atoms with Gasteiger partial charge < -0.3 is 19.7 Å². The van der Waals surface area contributed by atoms with Gasteiger partial charge in [0.2, 0.25) is 0 Å². The Morgan fingerprint density at radius 2 is 1.48 bits per heavy atom. The molecule has 25 heavy (non-hydrogen) atoms. The van der Waals surface area contributed by atoms with E-state index < -0.39 is 22.7 Å². The molecule has 0 unspecified atom stereocenters. The van der Waals surface area contributed by atoms with Crippen LogP contribution in [0.3, 0.4) is 0 Å². The molecule has 9 heteroatoms. The molecule has 0 aliphatic carbocycles. The summed E-state index contributed by atoms with van der Waals surface area (Å²) in [5.41, 5.74) is 1.05. The van der Waals surface area contributed by atoms with Gasteiger partial charge in [0.05, 0.1) is 18.1 Å². The molecule has 0 aliphatic heterocycles. The van der Waals surface area contributed by atoms with Crippen molar-refractivity contribution in [2.45, 2.75) is 18.1 Å². The van der Waals surface area contributed by atoms with E-state index in [4.69, 9.17) is 24.2 Å². The van der Waals surface area contributed by atoms with Crippen LogP contribution < -0.4 is 9.47 Å². The molecule has 0 spiro atoms. The highest BCUT2D eigenvalue weighted by Crippen LogP contribution is 2.19. The van der Waals surface area contributed by atoms with Crippen LogP contribution in [0.15, 0.2) is 47.4 Å². The van der Waals surface area contributed by atoms with Gasteiger partial charge in [-0.1, -0.05) is 6.07 Å². The number of esters is 1. The van der Waals surface area contributed by atoms with Gasteiger partial charge in [0.25, 0.3) is 10.1 Å². The van der Waals surface area contributed by atoms with Crippen molar-refractivity contribution in [3.05, 3.63) is 53.6 Å². The van der Waals surface area contributed by atoms with Crippen LogP contribution >= 0.6 is 0 Å². The number of hydrogen-bond donors (Lipinski definition) is 3. The van der Waals surface area contributed by atoms with Crippen LogP contribution in [0, 0.1) is 0 Å². The third-order valence-electron chi connectivity index (χ3n) is 3.10. The molecule has 2 aromatic rings. The van der Waals surface area contributed by atoms with Gasteiger partial charge in [0, 0.05) is 0 Å². The number of rotatable bonds is 7. The van der Waals surface area contributed by atoms with Crippen molar-refractivity contribution in [3.8, 4) is 11.5 Å². The van der Waals surface area contributed by atoms with Gasteiger partial charge in [-0.15, -0.1) is 0 Å². The zero-order valence-corrected chi connectivity index (χ0v) is 13.8. The van der Waals surface area contributed by atoms with Crippen LogP contribution in [0.1, 0.15) is 11.1 Å². The minimum atomic E-state index is -4.31. The van der Waals surface area contributed by atoms with Crippen LogP contribution in [-0.2, 0) is 28.1 Å². The molecule has 134 valence electrons. The van der Waals surface area contributed by atoms with E-state index in [-0.39, 0.29) is 29.6 Å². The molecule has 0 amide bonds. The summed E-state index contributed by atoms with van der Waals surface area (Å²) in [4.78, 5) is 11.4. The van der Waals surface area contributed by atoms with Gasteiger partial charge in [-0.25, -0.2) is 4.79 Å². The maximum atomic E-state index is 11.8. The van der Waals surface area contributed by atoms with E-state index in [1.807, 2.05) is 0 Å². The SMILES string of the molecule is O=C(COc1cc(CO)cc(CO)c1)Oc1ccc(S(=O)(=O)O)cc1. The first kappa shape index (κ1) is 18.9. The highest BCUT2D eigenvalue weighted by Gasteiger charge is 2.11. The first-order chi connectivity index (χ1) is 11.8. The molecule has 2 rings (SSSR count). The molecule has 0 heterocycles. The van der Waals surface area contributed by atoms with Crippen LogP contribution in [-0.4, -0.2) is 35.8 Å². The van der Waals surface area contributed by atoms with Crippen LogP contribution in [0.25, 0.3) is 0 Å². The maximum Gasteiger partial charge on any atom is 0.349 e. The zero-order chi connectivity index (χ0) is 18.4. The predicted octanol–water partition coefficient (Wildman–Crippen LogP) is 0.902. The number of carbonyl (C=O) groups is 1. The molecule has 0 aliphatic rings. The summed E-state index contributed by atoms with van der Waals surface area (Å²) >= 11 is 0. The molecule has 0 radical (unpaired) electrons. The Morgan fingerprint density at radius 1 is 0.920 bits per heavy atom. The first-order valence-corrected chi connectivity index (χ1v) is 8.51. The molecular formula is C16H16O8S. The third kappa shape index (κ3) is 5.54. The highest BCUT2D eigenvalue weighted by molar-refractivity contribution is 7.85. The average molecular weight is 368 g/mol. The molecule has 0 saturated heterocycles. The lowest BCUT2D eigenvalue weighted by Gasteiger charge is -2.09. The number of benzene rings is 2. The molecule has 0 bridgehead atoms. The summed E-state index contributed by atoms with van der Waals surface area (Å²) in [5, 5.41) is 18.3. The fraction of sp³-hybridized carbons (Fsp3) is 0.188. The second kappa shape index (κ2) is 8.08. The molecule has 0 atom stereocenters. The lowest BCUT2D eigenvalue weighted by atomic mass is 10.1. The Hall–Kier alpha value is -2.46. The van der Waals surface area contributed by atoms with Crippen molar-refractivity contribution in [2.24, 2.45) is 0 Å². The summed E-state index contributed by atoms with van der Waals surface area (Å²) in [6.45, 7) is -0.913. The van der Waals surface area contributed by atoms with Crippen LogP contribution in [0.4, 0.5) is 0 Å². The van der Waals surface area contributed by atoms with E-state index in [1.165, 1.54) is 24.3 Å². The Morgan fingerprint density at radius 3 is 1.96 bits per heavy atom. The van der Waals surface area contributed by atoms with E-state index >= 15 is 0 Å². The second-order valence-electron chi connectivity index (χ2n) is 5.01. The number of aliphatic hydroxyl groups excluding tert-OH is 2. The van der Waals surface area contributed by atoms with Crippen molar-refractivity contribution in [3.63, 3.8) is 0 Å². The lowest BCUT2D eigenvalue weighted by Crippen LogP contribution is -2.17. The van der Waals surface area contributed by atoms with Crippen LogP contribution in [0.5, 0.6) is 11.5 Å². The summed E-state index contributed by atoms with van der Waals surface area (Å²) < 4.78 is 41.0. The Kier molecular flexibility index (Phi) is 6.10. The Balaban J connectivity index is 1.97. The standard InChI is InChI=1S/C16H16O8S/c17-8-11-5-12(9-18)7-14(6-11)23-10-16(19)24-13-1-3-15(4-2-13)25(20,21)22/h1-7,17-18H,8-10H2,(H,20,21,22). The lowest BCUT2D eigenvalue weighted by molar-refractivity contribution is -0.136. The van der Waals surface area contributed by atoms with Crippen LogP contribution in [0.2, 0.25) is 0 Å². The highest BCUT2D eigenvalue weighted by atomic mass is 32.2. The molecule has 0 saturated carbocycles. The molecule has 3 N–H and O–H groups in total. The van der Waals surface area contributed by atoms with E-state index in [2.05, 4.69) is 0 Å². The van der Waals surface area contributed by atoms with E-state index in [9.17, 15) is 13.2 Å². The summed E-state index contributed by atoms with van der Waals surface area (Å²) in [7, 11) is -4.31. The largest absolute Gasteiger partial charge is 0.482 e. The van der Waals surface area contributed by atoms with Gasteiger partial charge in [-0.05, 0) is 47.5 Å². The minimum absolute atomic E-state index is 0.0844. The van der Waals surface area contributed by atoms with E-state index in [1.54, 1.807) is 6.07 Å². The number of ether oxygens (including phenoxy) is 2. The normalized spacial score (nSPS) is 11.2. The van der Waals surface area contributed by atoms with Crippen molar-refractivity contribution in [1.82, 2.24) is 0 Å². The number of aliphatic hydroxyl groups is 2. The number of hydrogen-bond acceptors (Lipinski definition) is 7. The van der Waals surface area contributed by atoms with E-state index in [0.29, 0.717) is 11.1 Å². The van der Waals surface area contributed by atoms with Gasteiger partial charge >= 0.3 is 5.97 Å². The number of carbonyl (C=O) groups excluding carboxylic acids is 1. The molecular weight excluding hydrogens is 352 g/mol. The fourth-order valence-corrected chi connectivity index (χ4v) is 2.46. The van der Waals surface area contributed by atoms with Crippen molar-refractivity contribution < 1.29 is 37.5 Å². The molecule has 2 aromatic carbocycles. The van der Waals surface area contributed by atoms with Gasteiger partial charge in [0.15, 0.2) is 6.61 Å². The fourth-order valence-electron chi connectivity index (χ4n) is 1.98. The topological polar surface area (TPSA) is 130 Å². The van der Waals surface area contributed by atoms with Crippen molar-refractivity contribution in [2.75, 3.05) is 6.61 Å². The summed E-state index contributed by atoms with van der Waals surface area (Å²) in [6, 6.07) is 9.27. The third-order valence-corrected chi connectivity index (χ3v) is 3.97. The molecule has 0 fully saturated rings. The van der Waals surface area contributed by atoms with Crippen molar-refractivity contribution >= 4 is 16.1 Å². The van der Waals surface area contributed by atoms with E-state index in [0.717, 1.165) is 12.1 Å². The first-order valence-electron chi connectivity index (χ1n) is 7.07. The minimum Gasteiger partial charge on any atom is -0.482 e. The van der Waals surface area contributed by atoms with Crippen molar-refractivity contribution in [1.29, 1.82) is 0 Å². The van der Waals surface area contributed by atoms with Gasteiger partial charge in [-0.3, -0.25) is 4.55 Å². The van der Waals surface area contributed by atoms with Gasteiger partial charge in [-0.2, -0.15) is 8.42 Å². The Bertz CT molecular complexity index is 821. The predicted molar refractivity (Wildman–Crippen MR) is 85.7 cm³/mol. The molecule has 8 nitrogen and oxygen atoms in total. The summed E-state index contributed by atoms with van der Waals surface area (Å²) in [5.74, 6) is -0.366. The smallest absolute Gasteiger partial charge is 0.349 e. The molecule has 0 aromatic heterocycles. The second-order valence-corrected chi connectivity index (χ2v) is 6.43. The van der Waals surface area contributed by atoms with Gasteiger partial charge in [0.1, 0.15) is 11.5 Å². The maximum absolute atomic E-state index is 11.8. The monoisotopic (exact) mass is 368 g/mol. The average Bonchev–Trinajstić information content (AvgIpc) is 2.59. The zero-order valence-electron chi connectivity index (χ0n) is 13.0. The quantitative estimate of drug-likeness (QED) is 0.373.